The zero-order valence-electron chi connectivity index (χ0n) is 26.2. The molecule has 0 aliphatic heterocycles. The van der Waals surface area contributed by atoms with Crippen LogP contribution in [0.5, 0.6) is 5.75 Å². The molecule has 0 saturated carbocycles. The lowest BCUT2D eigenvalue weighted by molar-refractivity contribution is -0.904. The Morgan fingerprint density at radius 2 is 1.35 bits per heavy atom. The van der Waals surface area contributed by atoms with Crippen LogP contribution in [0.15, 0.2) is 54.6 Å². The highest BCUT2D eigenvalue weighted by molar-refractivity contribution is 5.71. The van der Waals surface area contributed by atoms with Crippen molar-refractivity contribution in [2.24, 2.45) is 5.92 Å². The van der Waals surface area contributed by atoms with Gasteiger partial charge < -0.3 is 14.0 Å². The maximum absolute atomic E-state index is 12.5. The molecule has 40 heavy (non-hydrogen) atoms. The maximum atomic E-state index is 12.5. The molecule has 4 nitrogen and oxygen atoms in total. The lowest BCUT2D eigenvalue weighted by Crippen LogP contribution is -2.40. The fourth-order valence-corrected chi connectivity index (χ4v) is 5.22. The van der Waals surface area contributed by atoms with Gasteiger partial charge in [-0.15, -0.1) is 0 Å². The van der Waals surface area contributed by atoms with Crippen molar-refractivity contribution in [2.45, 2.75) is 110 Å². The molecule has 0 aliphatic carbocycles. The van der Waals surface area contributed by atoms with E-state index in [1.54, 1.807) is 0 Å². The zero-order valence-corrected chi connectivity index (χ0v) is 26.2. The third-order valence-corrected chi connectivity index (χ3v) is 7.84. The molecule has 0 saturated heterocycles. The summed E-state index contributed by atoms with van der Waals surface area (Å²) in [6, 6.07) is 18.9. The summed E-state index contributed by atoms with van der Waals surface area (Å²) in [4.78, 5) is 12.5. The number of carbonyl (C=O) groups is 1. The normalized spacial score (nSPS) is 12.3. The highest BCUT2D eigenvalue weighted by Crippen LogP contribution is 2.18. The molecule has 0 aromatic heterocycles. The number of unbranched alkanes of at least 4 members (excludes halogenated alkanes) is 11. The second-order valence-electron chi connectivity index (χ2n) is 12.3. The van der Waals surface area contributed by atoms with Gasteiger partial charge in [0, 0.05) is 12.0 Å². The van der Waals surface area contributed by atoms with Gasteiger partial charge in [-0.3, -0.25) is 4.79 Å². The number of carbonyl (C=O) groups excluding carboxylic acids is 1. The minimum Gasteiger partial charge on any atom is -0.490 e. The summed E-state index contributed by atoms with van der Waals surface area (Å²) in [5.41, 5.74) is 2.64. The highest BCUT2D eigenvalue weighted by Gasteiger charge is 2.21. The van der Waals surface area contributed by atoms with Crippen LogP contribution in [0, 0.1) is 5.92 Å². The number of quaternary nitrogens is 1. The number of aryl methyl sites for hydroxylation is 1. The lowest BCUT2D eigenvalue weighted by Gasteiger charge is -2.30. The van der Waals surface area contributed by atoms with E-state index in [4.69, 9.17) is 9.47 Å². The second kappa shape index (κ2) is 20.5. The van der Waals surface area contributed by atoms with Crippen molar-refractivity contribution in [2.75, 3.05) is 33.9 Å². The van der Waals surface area contributed by atoms with Gasteiger partial charge >= 0.3 is 5.97 Å². The van der Waals surface area contributed by atoms with Gasteiger partial charge in [0.2, 0.25) is 0 Å². The number of benzene rings is 2. The van der Waals surface area contributed by atoms with E-state index in [0.717, 1.165) is 36.2 Å². The average Bonchev–Trinajstić information content (AvgIpc) is 2.95. The Balaban J connectivity index is 1.52. The van der Waals surface area contributed by atoms with Crippen molar-refractivity contribution < 1.29 is 18.8 Å². The zero-order chi connectivity index (χ0) is 28.9. The molecule has 0 spiro atoms. The monoisotopic (exact) mass is 552 g/mol. The van der Waals surface area contributed by atoms with Gasteiger partial charge in [0.05, 0.1) is 26.6 Å². The van der Waals surface area contributed by atoms with Crippen LogP contribution in [0.25, 0.3) is 0 Å². The molecular formula is C36H58NO3+. The van der Waals surface area contributed by atoms with Crippen molar-refractivity contribution in [3.63, 3.8) is 0 Å². The van der Waals surface area contributed by atoms with Gasteiger partial charge in [0.15, 0.2) is 0 Å². The molecule has 0 N–H and O–H groups in total. The summed E-state index contributed by atoms with van der Waals surface area (Å²) in [5, 5.41) is 0. The SMILES string of the molecule is CCCCCCCCCCCCCCc1cccc(OCCOC(=O)C(C)CC[N+](C)(C)Cc2ccccc2)c1. The van der Waals surface area contributed by atoms with Crippen LogP contribution in [0.1, 0.15) is 108 Å². The van der Waals surface area contributed by atoms with Crippen molar-refractivity contribution in [3.05, 3.63) is 65.7 Å². The molecule has 1 atom stereocenters. The lowest BCUT2D eigenvalue weighted by atomic mass is 10.0. The third kappa shape index (κ3) is 16.1. The van der Waals surface area contributed by atoms with Crippen LogP contribution < -0.4 is 4.74 Å². The first-order valence-corrected chi connectivity index (χ1v) is 16.1. The van der Waals surface area contributed by atoms with Crippen LogP contribution >= 0.6 is 0 Å². The molecule has 1 unspecified atom stereocenters. The van der Waals surface area contributed by atoms with Gasteiger partial charge in [-0.2, -0.15) is 0 Å². The fraction of sp³-hybridized carbons (Fsp3) is 0.639. The predicted molar refractivity (Wildman–Crippen MR) is 169 cm³/mol. The minimum absolute atomic E-state index is 0.118. The number of esters is 1. The van der Waals surface area contributed by atoms with Gasteiger partial charge in [-0.1, -0.05) is 127 Å². The van der Waals surface area contributed by atoms with E-state index >= 15 is 0 Å². The standard InChI is InChI=1S/C36H58NO3/c1-5-6-7-8-9-10-11-12-13-14-15-17-21-33-24-20-25-35(30-33)39-28-29-40-36(38)32(2)26-27-37(3,4)31-34-22-18-16-19-23-34/h16,18-20,22-25,30,32H,5-15,17,21,26-29,31H2,1-4H3/q+1. The molecule has 224 valence electrons. The second-order valence-corrected chi connectivity index (χ2v) is 12.3. The molecular weight excluding hydrogens is 494 g/mol. The summed E-state index contributed by atoms with van der Waals surface area (Å²) in [6.07, 6.45) is 18.4. The van der Waals surface area contributed by atoms with E-state index in [1.165, 1.54) is 88.2 Å². The van der Waals surface area contributed by atoms with Crippen LogP contribution in [0.2, 0.25) is 0 Å². The summed E-state index contributed by atoms with van der Waals surface area (Å²) in [7, 11) is 4.43. The predicted octanol–water partition coefficient (Wildman–Crippen LogP) is 9.16. The molecule has 0 bridgehead atoms. The summed E-state index contributed by atoms with van der Waals surface area (Å²) < 4.78 is 12.3. The fourth-order valence-electron chi connectivity index (χ4n) is 5.22. The topological polar surface area (TPSA) is 35.5 Å². The van der Waals surface area contributed by atoms with Gasteiger partial charge in [-0.25, -0.2) is 0 Å². The molecule has 0 fully saturated rings. The molecule has 0 amide bonds. The first-order chi connectivity index (χ1) is 19.4. The summed E-state index contributed by atoms with van der Waals surface area (Å²) >= 11 is 0. The van der Waals surface area contributed by atoms with Crippen molar-refractivity contribution >= 4 is 5.97 Å². The molecule has 2 aromatic rings. The number of rotatable bonds is 23. The Hall–Kier alpha value is -2.33. The van der Waals surface area contributed by atoms with Gasteiger partial charge in [0.1, 0.15) is 25.5 Å². The van der Waals surface area contributed by atoms with E-state index in [1.807, 2.05) is 19.1 Å². The molecule has 0 heterocycles. The summed E-state index contributed by atoms with van der Waals surface area (Å²) in [6.45, 7) is 6.79. The Kier molecular flexibility index (Phi) is 17.4. The van der Waals surface area contributed by atoms with E-state index < -0.39 is 0 Å². The Bertz CT molecular complexity index is 911. The number of hydrogen-bond acceptors (Lipinski definition) is 3. The minimum atomic E-state index is -0.135. The van der Waals surface area contributed by atoms with Crippen molar-refractivity contribution in [1.29, 1.82) is 0 Å². The molecule has 2 rings (SSSR count). The van der Waals surface area contributed by atoms with E-state index in [9.17, 15) is 4.79 Å². The smallest absolute Gasteiger partial charge is 0.308 e. The molecule has 0 radical (unpaired) electrons. The van der Waals surface area contributed by atoms with Crippen LogP contribution in [0.4, 0.5) is 0 Å². The Morgan fingerprint density at radius 3 is 2.00 bits per heavy atom. The van der Waals surface area contributed by atoms with E-state index in [2.05, 4.69) is 63.5 Å². The number of nitrogens with zero attached hydrogens (tertiary/aromatic N) is 1. The average molecular weight is 553 g/mol. The first kappa shape index (κ1) is 33.9. The molecule has 4 heteroatoms. The Morgan fingerprint density at radius 1 is 0.750 bits per heavy atom. The van der Waals surface area contributed by atoms with Crippen LogP contribution in [-0.4, -0.2) is 44.3 Å². The van der Waals surface area contributed by atoms with Crippen molar-refractivity contribution in [1.82, 2.24) is 0 Å². The maximum Gasteiger partial charge on any atom is 0.308 e. The van der Waals surface area contributed by atoms with Gasteiger partial charge in [-0.05, 0) is 30.5 Å². The Labute approximate surface area is 246 Å². The van der Waals surface area contributed by atoms with E-state index in [-0.39, 0.29) is 18.5 Å². The summed E-state index contributed by atoms with van der Waals surface area (Å²) in [5.74, 6) is 0.608. The molecule has 2 aromatic carbocycles. The van der Waals surface area contributed by atoms with Gasteiger partial charge in [0.25, 0.3) is 0 Å². The largest absolute Gasteiger partial charge is 0.490 e. The van der Waals surface area contributed by atoms with Crippen LogP contribution in [-0.2, 0) is 22.5 Å². The number of ether oxygens (including phenoxy) is 2. The quantitative estimate of drug-likeness (QED) is 0.0783. The highest BCUT2D eigenvalue weighted by atomic mass is 16.6. The molecule has 0 aliphatic rings. The third-order valence-electron chi connectivity index (χ3n) is 7.84. The van der Waals surface area contributed by atoms with Crippen LogP contribution in [0.3, 0.4) is 0 Å². The number of hydrogen-bond donors (Lipinski definition) is 0. The first-order valence-electron chi connectivity index (χ1n) is 16.1. The van der Waals surface area contributed by atoms with E-state index in [0.29, 0.717) is 6.61 Å². The van der Waals surface area contributed by atoms with Crippen molar-refractivity contribution in [3.8, 4) is 5.75 Å².